The Morgan fingerprint density at radius 1 is 1.06 bits per heavy atom. The lowest BCUT2D eigenvalue weighted by Crippen LogP contribution is -2.26. The van der Waals surface area contributed by atoms with Gasteiger partial charge >= 0.3 is 0 Å². The summed E-state index contributed by atoms with van der Waals surface area (Å²) in [6.07, 6.45) is 0.994. The van der Waals surface area contributed by atoms with Gasteiger partial charge in [-0.05, 0) is 37.5 Å². The van der Waals surface area contributed by atoms with Crippen molar-refractivity contribution in [2.75, 3.05) is 11.5 Å². The van der Waals surface area contributed by atoms with E-state index in [0.29, 0.717) is 0 Å². The van der Waals surface area contributed by atoms with Crippen molar-refractivity contribution < 1.29 is 0 Å². The molecule has 0 radical (unpaired) electrons. The maximum absolute atomic E-state index is 6.17. The minimum atomic E-state index is 0.278. The van der Waals surface area contributed by atoms with Gasteiger partial charge < -0.3 is 5.73 Å². The van der Waals surface area contributed by atoms with E-state index in [0.717, 1.165) is 18.1 Å². The normalized spacial score (nSPS) is 13.1. The smallest absolute Gasteiger partial charge is 0.0171 e. The van der Waals surface area contributed by atoms with Crippen LogP contribution in [0.5, 0.6) is 0 Å². The quantitative estimate of drug-likeness (QED) is 0.836. The average molecular weight is 251 g/mol. The molecule has 0 fully saturated rings. The number of hydrogen-bond acceptors (Lipinski definition) is 2. The van der Waals surface area contributed by atoms with E-state index in [9.17, 15) is 0 Å². The van der Waals surface area contributed by atoms with E-state index in [-0.39, 0.29) is 6.04 Å². The Hall–Kier alpha value is -0.470. The Kier molecular flexibility index (Phi) is 6.07. The van der Waals surface area contributed by atoms with Gasteiger partial charge in [-0.2, -0.15) is 11.8 Å². The second kappa shape index (κ2) is 7.07. The maximum atomic E-state index is 6.17. The summed E-state index contributed by atoms with van der Waals surface area (Å²) >= 11 is 1.97. The van der Waals surface area contributed by atoms with Crippen LogP contribution in [0.3, 0.4) is 0 Å². The molecule has 0 saturated carbocycles. The number of thioether (sulfide) groups is 1. The zero-order valence-electron chi connectivity index (χ0n) is 11.5. The maximum Gasteiger partial charge on any atom is 0.0171 e. The Morgan fingerprint density at radius 2 is 1.65 bits per heavy atom. The summed E-state index contributed by atoms with van der Waals surface area (Å²) in [7, 11) is 0. The monoisotopic (exact) mass is 251 g/mol. The van der Waals surface area contributed by atoms with Crippen LogP contribution in [0, 0.1) is 19.8 Å². The Labute approximate surface area is 110 Å². The molecule has 0 saturated heterocycles. The fraction of sp³-hybridized carbons (Fsp3) is 0.600. The lowest BCUT2D eigenvalue weighted by atomic mass is 10.0. The molecule has 0 amide bonds. The Balaban J connectivity index is 2.42. The van der Waals surface area contributed by atoms with Crippen molar-refractivity contribution in [3.8, 4) is 0 Å². The molecule has 17 heavy (non-hydrogen) atoms. The molecule has 0 aromatic heterocycles. The van der Waals surface area contributed by atoms with Crippen LogP contribution in [0.2, 0.25) is 0 Å². The molecule has 0 spiro atoms. The summed E-state index contributed by atoms with van der Waals surface area (Å²) in [6, 6.07) is 6.99. The van der Waals surface area contributed by atoms with Crippen molar-refractivity contribution in [1.29, 1.82) is 0 Å². The lowest BCUT2D eigenvalue weighted by Gasteiger charge is -2.13. The van der Waals surface area contributed by atoms with Gasteiger partial charge in [0.25, 0.3) is 0 Å². The van der Waals surface area contributed by atoms with E-state index in [4.69, 9.17) is 5.73 Å². The first-order valence-corrected chi connectivity index (χ1v) is 7.53. The van der Waals surface area contributed by atoms with E-state index in [1.165, 1.54) is 22.4 Å². The molecule has 0 aliphatic carbocycles. The molecule has 0 heterocycles. The summed E-state index contributed by atoms with van der Waals surface area (Å²) in [5.41, 5.74) is 10.2. The van der Waals surface area contributed by atoms with Crippen LogP contribution in [-0.4, -0.2) is 17.5 Å². The molecule has 1 unspecified atom stereocenters. The second-order valence-corrected chi connectivity index (χ2v) is 6.47. The van der Waals surface area contributed by atoms with Gasteiger partial charge in [-0.1, -0.05) is 43.2 Å². The van der Waals surface area contributed by atoms with Crippen molar-refractivity contribution in [2.45, 2.75) is 40.2 Å². The summed E-state index contributed by atoms with van der Waals surface area (Å²) < 4.78 is 0. The highest BCUT2D eigenvalue weighted by Crippen LogP contribution is 2.13. The third-order valence-electron chi connectivity index (χ3n) is 2.56. The molecule has 1 aromatic rings. The Bertz CT molecular complexity index is 327. The van der Waals surface area contributed by atoms with Crippen LogP contribution in [0.4, 0.5) is 0 Å². The van der Waals surface area contributed by atoms with Gasteiger partial charge in [0.15, 0.2) is 0 Å². The van der Waals surface area contributed by atoms with E-state index in [1.54, 1.807) is 0 Å². The highest BCUT2D eigenvalue weighted by molar-refractivity contribution is 7.99. The van der Waals surface area contributed by atoms with Crippen molar-refractivity contribution in [2.24, 2.45) is 11.7 Å². The van der Waals surface area contributed by atoms with Gasteiger partial charge in [0.05, 0.1) is 0 Å². The predicted octanol–water partition coefficient (Wildman–Crippen LogP) is 3.56. The molecular weight excluding hydrogens is 226 g/mol. The first kappa shape index (κ1) is 14.6. The second-order valence-electron chi connectivity index (χ2n) is 5.39. The van der Waals surface area contributed by atoms with Crippen LogP contribution < -0.4 is 5.73 Å². The zero-order valence-corrected chi connectivity index (χ0v) is 12.3. The number of rotatable bonds is 6. The van der Waals surface area contributed by atoms with Crippen molar-refractivity contribution >= 4 is 11.8 Å². The fourth-order valence-corrected chi connectivity index (χ4v) is 3.03. The van der Waals surface area contributed by atoms with Gasteiger partial charge in [0, 0.05) is 11.8 Å². The van der Waals surface area contributed by atoms with Crippen LogP contribution in [0.1, 0.15) is 30.5 Å². The van der Waals surface area contributed by atoms with Crippen molar-refractivity contribution in [3.63, 3.8) is 0 Å². The van der Waals surface area contributed by atoms with Crippen LogP contribution in [0.25, 0.3) is 0 Å². The van der Waals surface area contributed by atoms with Crippen LogP contribution in [0.15, 0.2) is 18.2 Å². The van der Waals surface area contributed by atoms with Crippen LogP contribution >= 0.6 is 11.8 Å². The average Bonchev–Trinajstić information content (AvgIpc) is 2.14. The zero-order chi connectivity index (χ0) is 12.8. The highest BCUT2D eigenvalue weighted by atomic mass is 32.2. The molecule has 1 aromatic carbocycles. The van der Waals surface area contributed by atoms with E-state index in [1.807, 2.05) is 11.8 Å². The van der Waals surface area contributed by atoms with Gasteiger partial charge in [0.1, 0.15) is 0 Å². The van der Waals surface area contributed by atoms with Crippen LogP contribution in [-0.2, 0) is 6.42 Å². The first-order valence-electron chi connectivity index (χ1n) is 6.38. The molecule has 1 atom stereocenters. The molecule has 2 heteroatoms. The highest BCUT2D eigenvalue weighted by Gasteiger charge is 2.06. The molecule has 0 aliphatic heterocycles. The van der Waals surface area contributed by atoms with Gasteiger partial charge in [0.2, 0.25) is 0 Å². The molecule has 2 N–H and O–H groups in total. The standard InChI is InChI=1S/C15H25NS/c1-11(2)9-17-10-15(16)8-14-6-12(3)5-13(4)7-14/h5-7,11,15H,8-10,16H2,1-4H3. The topological polar surface area (TPSA) is 26.0 Å². The predicted molar refractivity (Wildman–Crippen MR) is 79.8 cm³/mol. The van der Waals surface area contributed by atoms with Crippen molar-refractivity contribution in [1.82, 2.24) is 0 Å². The summed E-state index contributed by atoms with van der Waals surface area (Å²) in [5.74, 6) is 3.03. The van der Waals surface area contributed by atoms with Crippen molar-refractivity contribution in [3.05, 3.63) is 34.9 Å². The largest absolute Gasteiger partial charge is 0.327 e. The minimum Gasteiger partial charge on any atom is -0.327 e. The summed E-state index contributed by atoms with van der Waals surface area (Å²) in [6.45, 7) is 8.80. The van der Waals surface area contributed by atoms with E-state index >= 15 is 0 Å². The number of aryl methyl sites for hydroxylation is 2. The number of benzene rings is 1. The SMILES string of the molecule is Cc1cc(C)cc(CC(N)CSCC(C)C)c1. The van der Waals surface area contributed by atoms with E-state index < -0.39 is 0 Å². The van der Waals surface area contributed by atoms with E-state index in [2.05, 4.69) is 45.9 Å². The molecule has 96 valence electrons. The molecular formula is C15H25NS. The summed E-state index contributed by atoms with van der Waals surface area (Å²) in [5, 5.41) is 0. The third-order valence-corrected chi connectivity index (χ3v) is 4.13. The number of nitrogens with two attached hydrogens (primary N) is 1. The minimum absolute atomic E-state index is 0.278. The molecule has 0 bridgehead atoms. The molecule has 1 nitrogen and oxygen atoms in total. The Morgan fingerprint density at radius 3 is 2.18 bits per heavy atom. The van der Waals surface area contributed by atoms with Gasteiger partial charge in [-0.15, -0.1) is 0 Å². The lowest BCUT2D eigenvalue weighted by molar-refractivity contribution is 0.731. The molecule has 0 aliphatic rings. The first-order chi connectivity index (χ1) is 7.97. The van der Waals surface area contributed by atoms with Gasteiger partial charge in [-0.3, -0.25) is 0 Å². The van der Waals surface area contributed by atoms with Gasteiger partial charge in [-0.25, -0.2) is 0 Å². The number of hydrogen-bond donors (Lipinski definition) is 1. The fourth-order valence-electron chi connectivity index (χ4n) is 2.00. The summed E-state index contributed by atoms with van der Waals surface area (Å²) in [4.78, 5) is 0. The third kappa shape index (κ3) is 6.13. The molecule has 1 rings (SSSR count).